The minimum absolute atomic E-state index is 0. The molecule has 6 heteroatoms. The average molecular weight is 523 g/mol. The van der Waals surface area contributed by atoms with Crippen LogP contribution >= 0.6 is 0 Å². The zero-order valence-corrected chi connectivity index (χ0v) is 16.4. The first-order valence-corrected chi connectivity index (χ1v) is 7.69. The summed E-state index contributed by atoms with van der Waals surface area (Å²) in [6.07, 6.45) is 3.43. The first kappa shape index (κ1) is 19.5. The molecule has 2 aromatic carbocycles. The molecule has 26 heavy (non-hydrogen) atoms. The summed E-state index contributed by atoms with van der Waals surface area (Å²) in [6.45, 7) is 0. The molecule has 0 aliphatic carbocycles. The number of hydrogen-bond donors (Lipinski definition) is 1. The normalized spacial score (nSPS) is 9.73. The molecule has 0 spiro atoms. The molecule has 0 aliphatic rings. The summed E-state index contributed by atoms with van der Waals surface area (Å²) >= 11 is 0. The maximum Gasteiger partial charge on any atom is 0.356 e. The average Bonchev–Trinajstić information content (AvgIpc) is 3.09. The van der Waals surface area contributed by atoms with E-state index in [4.69, 9.17) is 5.11 Å². The van der Waals surface area contributed by atoms with E-state index in [1.54, 1.807) is 13.2 Å². The Morgan fingerprint density at radius 1 is 1.08 bits per heavy atom. The number of pyridine rings is 1. The Morgan fingerprint density at radius 3 is 2.46 bits per heavy atom. The zero-order chi connectivity index (χ0) is 17.6. The Labute approximate surface area is 164 Å². The largest absolute Gasteiger partial charge is 0.476 e. The number of carbonyl (C=O) groups is 1. The predicted octanol–water partition coefficient (Wildman–Crippen LogP) is 3.82. The number of rotatable bonds is 2. The van der Waals surface area contributed by atoms with E-state index in [1.807, 2.05) is 48.7 Å². The van der Waals surface area contributed by atoms with Crippen molar-refractivity contribution in [2.45, 2.75) is 0 Å². The molecule has 1 radical (unpaired) electrons. The number of hydrogen-bond acceptors (Lipinski definition) is 3. The standard InChI is InChI=1S/C15H10N.C5H6N2O2.Ir/c1-2-7-13(8-3-1)15-14-9-5-4-6-12(14)10-11-16-15;1-7-3-2-4(6-7)5(8)9;/h1-7,9-11H;2-3H,1H3,(H,8,9);/q-1;;. The summed E-state index contributed by atoms with van der Waals surface area (Å²) in [5.74, 6) is -0.990. The van der Waals surface area contributed by atoms with Gasteiger partial charge in [-0.05, 0) is 28.6 Å². The van der Waals surface area contributed by atoms with Gasteiger partial charge in [0.05, 0.1) is 0 Å². The van der Waals surface area contributed by atoms with E-state index in [0.717, 1.165) is 11.3 Å². The molecular formula is C20H16IrN3O2-. The van der Waals surface area contributed by atoms with Crippen LogP contribution in [-0.4, -0.2) is 25.8 Å². The molecule has 133 valence electrons. The Bertz CT molecular complexity index is 995. The summed E-state index contributed by atoms with van der Waals surface area (Å²) < 4.78 is 1.45. The van der Waals surface area contributed by atoms with Crippen LogP contribution in [-0.2, 0) is 27.2 Å². The van der Waals surface area contributed by atoms with Crippen LogP contribution in [0.4, 0.5) is 0 Å². The second-order valence-electron chi connectivity index (χ2n) is 5.34. The van der Waals surface area contributed by atoms with Crippen LogP contribution in [0.25, 0.3) is 22.0 Å². The van der Waals surface area contributed by atoms with Gasteiger partial charge in [-0.25, -0.2) is 4.79 Å². The third-order valence-corrected chi connectivity index (χ3v) is 3.57. The predicted molar refractivity (Wildman–Crippen MR) is 96.2 cm³/mol. The molecule has 0 unspecified atom stereocenters. The summed E-state index contributed by atoms with van der Waals surface area (Å²) in [6, 6.07) is 22.9. The fourth-order valence-corrected chi connectivity index (χ4v) is 2.40. The first-order valence-electron chi connectivity index (χ1n) is 7.69. The molecule has 0 atom stereocenters. The molecule has 5 nitrogen and oxygen atoms in total. The van der Waals surface area contributed by atoms with Crippen molar-refractivity contribution >= 4 is 16.7 Å². The molecule has 0 aliphatic heterocycles. The van der Waals surface area contributed by atoms with Gasteiger partial charge >= 0.3 is 5.97 Å². The van der Waals surface area contributed by atoms with Crippen LogP contribution in [0.5, 0.6) is 0 Å². The maximum absolute atomic E-state index is 10.1. The van der Waals surface area contributed by atoms with Crippen LogP contribution in [0.2, 0.25) is 0 Å². The number of nitrogens with zero attached hydrogens (tertiary/aromatic N) is 3. The van der Waals surface area contributed by atoms with Gasteiger partial charge in [0.1, 0.15) is 0 Å². The van der Waals surface area contributed by atoms with E-state index >= 15 is 0 Å². The maximum atomic E-state index is 10.1. The van der Waals surface area contributed by atoms with Gasteiger partial charge in [-0.3, -0.25) is 4.68 Å². The minimum atomic E-state index is -0.990. The molecule has 0 fully saturated rings. The zero-order valence-electron chi connectivity index (χ0n) is 14.0. The Morgan fingerprint density at radius 2 is 1.85 bits per heavy atom. The summed E-state index contributed by atoms with van der Waals surface area (Å²) in [7, 11) is 1.67. The van der Waals surface area contributed by atoms with Crippen molar-refractivity contribution in [2.75, 3.05) is 0 Å². The Kier molecular flexibility index (Phi) is 6.78. The molecule has 4 aromatic rings. The van der Waals surface area contributed by atoms with Crippen molar-refractivity contribution in [3.05, 3.63) is 84.8 Å². The van der Waals surface area contributed by atoms with E-state index in [-0.39, 0.29) is 25.8 Å². The number of aryl methyl sites for hydroxylation is 1. The smallest absolute Gasteiger partial charge is 0.356 e. The van der Waals surface area contributed by atoms with E-state index in [2.05, 4.69) is 28.3 Å². The molecule has 0 saturated carbocycles. The van der Waals surface area contributed by atoms with E-state index in [0.29, 0.717) is 0 Å². The summed E-state index contributed by atoms with van der Waals surface area (Å²) in [5, 5.41) is 14.3. The van der Waals surface area contributed by atoms with Crippen molar-refractivity contribution in [3.8, 4) is 11.3 Å². The van der Waals surface area contributed by atoms with E-state index in [9.17, 15) is 4.79 Å². The number of carboxylic acid groups (broad SMARTS) is 1. The molecule has 1 N–H and O–H groups in total. The quantitative estimate of drug-likeness (QED) is 0.407. The minimum Gasteiger partial charge on any atom is -0.476 e. The van der Waals surface area contributed by atoms with Gasteiger partial charge in [0, 0.05) is 39.5 Å². The molecular weight excluding hydrogens is 506 g/mol. The van der Waals surface area contributed by atoms with Crippen LogP contribution in [0.15, 0.2) is 73.1 Å². The number of aromatic nitrogens is 3. The second-order valence-corrected chi connectivity index (χ2v) is 5.34. The van der Waals surface area contributed by atoms with Gasteiger partial charge < -0.3 is 10.1 Å². The van der Waals surface area contributed by atoms with E-state index < -0.39 is 5.97 Å². The number of benzene rings is 2. The van der Waals surface area contributed by atoms with Crippen molar-refractivity contribution in [2.24, 2.45) is 7.05 Å². The van der Waals surface area contributed by atoms with Gasteiger partial charge in [-0.1, -0.05) is 24.3 Å². The van der Waals surface area contributed by atoms with Crippen LogP contribution in [0.1, 0.15) is 10.5 Å². The molecule has 0 saturated heterocycles. The molecule has 2 aromatic heterocycles. The summed E-state index contributed by atoms with van der Waals surface area (Å²) in [4.78, 5) is 14.6. The molecule has 2 heterocycles. The molecule has 0 amide bonds. The topological polar surface area (TPSA) is 68.0 Å². The number of aromatic carboxylic acids is 1. The van der Waals surface area contributed by atoms with Crippen LogP contribution < -0.4 is 0 Å². The SMILES string of the molecule is Cn1ccc(C(=O)O)n1.[Ir].[c-]1ccccc1-c1nccc2ccccc12. The van der Waals surface area contributed by atoms with Crippen molar-refractivity contribution in [3.63, 3.8) is 0 Å². The van der Waals surface area contributed by atoms with Crippen LogP contribution in [0, 0.1) is 6.07 Å². The molecule has 0 bridgehead atoms. The molecule has 4 rings (SSSR count). The van der Waals surface area contributed by atoms with Crippen LogP contribution in [0.3, 0.4) is 0 Å². The Hall–Kier alpha value is -2.82. The van der Waals surface area contributed by atoms with Gasteiger partial charge in [-0.15, -0.1) is 35.9 Å². The second kappa shape index (κ2) is 9.04. The van der Waals surface area contributed by atoms with E-state index in [1.165, 1.54) is 21.5 Å². The first-order chi connectivity index (χ1) is 12.1. The fraction of sp³-hybridized carbons (Fsp3) is 0.0500. The van der Waals surface area contributed by atoms with Crippen molar-refractivity contribution in [1.29, 1.82) is 0 Å². The third-order valence-electron chi connectivity index (χ3n) is 3.57. The van der Waals surface area contributed by atoms with Gasteiger partial charge in [0.25, 0.3) is 0 Å². The van der Waals surface area contributed by atoms with Gasteiger partial charge in [-0.2, -0.15) is 5.10 Å². The van der Waals surface area contributed by atoms with Crippen molar-refractivity contribution in [1.82, 2.24) is 14.8 Å². The fourth-order valence-electron chi connectivity index (χ4n) is 2.40. The van der Waals surface area contributed by atoms with Crippen molar-refractivity contribution < 1.29 is 30.0 Å². The monoisotopic (exact) mass is 523 g/mol. The Balaban J connectivity index is 0.000000210. The third kappa shape index (κ3) is 4.63. The summed E-state index contributed by atoms with van der Waals surface area (Å²) in [5.41, 5.74) is 2.12. The van der Waals surface area contributed by atoms with Gasteiger partial charge in [0.15, 0.2) is 5.69 Å². The van der Waals surface area contributed by atoms with Gasteiger partial charge in [0.2, 0.25) is 0 Å². The number of fused-ring (bicyclic) bond motifs is 1. The number of carboxylic acids is 1.